The van der Waals surface area contributed by atoms with Gasteiger partial charge < -0.3 is 20.1 Å². The largest absolute Gasteiger partial charge is 0.368 e. The normalized spacial score (nSPS) is 18.7. The van der Waals surface area contributed by atoms with Gasteiger partial charge in [-0.1, -0.05) is 18.2 Å². The van der Waals surface area contributed by atoms with E-state index in [9.17, 15) is 0 Å². The lowest BCUT2D eigenvalue weighted by atomic mass is 9.91. The number of aryl methyl sites for hydroxylation is 1. The van der Waals surface area contributed by atoms with E-state index in [0.717, 1.165) is 19.3 Å². The summed E-state index contributed by atoms with van der Waals surface area (Å²) in [5.74, 6) is 0. The fraction of sp³-hybridized carbons (Fsp3) is 0.500. The molecule has 4 nitrogen and oxygen atoms in total. The number of benzene rings is 1. The molecule has 3 N–H and O–H groups in total. The predicted octanol–water partition coefficient (Wildman–Crippen LogP) is 1.42. The van der Waals surface area contributed by atoms with Gasteiger partial charge in [-0.25, -0.2) is 0 Å². The molecule has 1 aromatic carbocycles. The number of fused-ring (bicyclic) bond motifs is 3. The highest BCUT2D eigenvalue weighted by Gasteiger charge is 2.24. The smallest absolute Gasteiger partial charge is 0.153 e. The van der Waals surface area contributed by atoms with E-state index in [1.54, 1.807) is 0 Å². The van der Waals surface area contributed by atoms with Crippen LogP contribution in [0.4, 0.5) is 0 Å². The molecule has 4 heteroatoms. The summed E-state index contributed by atoms with van der Waals surface area (Å²) < 4.78 is 2.27. The molecule has 108 valence electrons. The standard InChI is InChI=1S/C16H22N2O2/c1-17-11-6-7-15-13(10-11)12-4-2-3-5-14(12)18(15)9-8-16(19)20/h2-5,11,16-17,19-20H,6-10H2,1H3. The molecular formula is C16H22N2O2. The molecule has 0 saturated carbocycles. The molecule has 1 aliphatic carbocycles. The van der Waals surface area contributed by atoms with Crippen molar-refractivity contribution >= 4 is 10.9 Å². The Morgan fingerprint density at radius 3 is 2.90 bits per heavy atom. The maximum atomic E-state index is 9.14. The minimum absolute atomic E-state index is 0.376. The van der Waals surface area contributed by atoms with Crippen LogP contribution in [-0.2, 0) is 19.4 Å². The molecule has 0 saturated heterocycles. The second kappa shape index (κ2) is 5.56. The monoisotopic (exact) mass is 274 g/mol. The fourth-order valence-electron chi connectivity index (χ4n) is 3.35. The van der Waals surface area contributed by atoms with Gasteiger partial charge in [0.2, 0.25) is 0 Å². The molecule has 2 aromatic rings. The van der Waals surface area contributed by atoms with Crippen molar-refractivity contribution in [3.05, 3.63) is 35.5 Å². The predicted molar refractivity (Wildman–Crippen MR) is 79.7 cm³/mol. The molecule has 0 radical (unpaired) electrons. The summed E-state index contributed by atoms with van der Waals surface area (Å²) in [5.41, 5.74) is 4.02. The lowest BCUT2D eigenvalue weighted by Gasteiger charge is -2.23. The van der Waals surface area contributed by atoms with E-state index in [0.29, 0.717) is 19.0 Å². The lowest BCUT2D eigenvalue weighted by Crippen LogP contribution is -2.32. The summed E-state index contributed by atoms with van der Waals surface area (Å²) in [7, 11) is 2.02. The number of nitrogens with zero attached hydrogens (tertiary/aromatic N) is 1. The quantitative estimate of drug-likeness (QED) is 0.739. The molecule has 3 rings (SSSR count). The maximum Gasteiger partial charge on any atom is 0.153 e. The van der Waals surface area contributed by atoms with E-state index in [1.807, 2.05) is 7.05 Å². The third-order valence-corrected chi connectivity index (χ3v) is 4.39. The van der Waals surface area contributed by atoms with Crippen LogP contribution in [0.5, 0.6) is 0 Å². The summed E-state index contributed by atoms with van der Waals surface area (Å²) in [6.45, 7) is 0.664. The molecule has 1 atom stereocenters. The third kappa shape index (κ3) is 2.35. The number of likely N-dealkylation sites (N-methyl/N-ethyl adjacent to an activating group) is 1. The molecule has 1 aliphatic rings. The number of aliphatic hydroxyl groups excluding tert-OH is 1. The van der Waals surface area contributed by atoms with Crippen LogP contribution in [0.3, 0.4) is 0 Å². The van der Waals surface area contributed by atoms with Gasteiger partial charge in [0, 0.05) is 35.6 Å². The molecule has 0 spiro atoms. The summed E-state index contributed by atoms with van der Waals surface area (Å²) >= 11 is 0. The highest BCUT2D eigenvalue weighted by Crippen LogP contribution is 2.32. The minimum atomic E-state index is -1.24. The topological polar surface area (TPSA) is 57.4 Å². The molecule has 1 unspecified atom stereocenters. The van der Waals surface area contributed by atoms with E-state index >= 15 is 0 Å². The van der Waals surface area contributed by atoms with Gasteiger partial charge >= 0.3 is 0 Å². The number of nitrogens with one attached hydrogen (secondary N) is 1. The first-order chi connectivity index (χ1) is 9.70. The Hall–Kier alpha value is -1.36. The van der Waals surface area contributed by atoms with Crippen LogP contribution in [0, 0.1) is 0 Å². The average molecular weight is 274 g/mol. The van der Waals surface area contributed by atoms with Gasteiger partial charge in [-0.15, -0.1) is 0 Å². The van der Waals surface area contributed by atoms with Crippen molar-refractivity contribution in [1.29, 1.82) is 0 Å². The van der Waals surface area contributed by atoms with Crippen LogP contribution in [0.2, 0.25) is 0 Å². The zero-order valence-electron chi connectivity index (χ0n) is 11.8. The van der Waals surface area contributed by atoms with E-state index in [1.165, 1.54) is 22.2 Å². The van der Waals surface area contributed by atoms with Crippen LogP contribution in [-0.4, -0.2) is 34.2 Å². The van der Waals surface area contributed by atoms with Gasteiger partial charge in [-0.05, 0) is 37.9 Å². The Morgan fingerprint density at radius 1 is 1.35 bits per heavy atom. The number of hydrogen-bond donors (Lipinski definition) is 3. The molecule has 20 heavy (non-hydrogen) atoms. The zero-order chi connectivity index (χ0) is 14.1. The minimum Gasteiger partial charge on any atom is -0.368 e. The van der Waals surface area contributed by atoms with Gasteiger partial charge in [-0.3, -0.25) is 0 Å². The van der Waals surface area contributed by atoms with Gasteiger partial charge in [0.1, 0.15) is 0 Å². The van der Waals surface area contributed by atoms with Crippen molar-refractivity contribution in [2.24, 2.45) is 0 Å². The van der Waals surface area contributed by atoms with E-state index in [4.69, 9.17) is 10.2 Å². The first-order valence-corrected chi connectivity index (χ1v) is 7.33. The summed E-state index contributed by atoms with van der Waals surface area (Å²) in [4.78, 5) is 0. The first-order valence-electron chi connectivity index (χ1n) is 7.33. The Labute approximate surface area is 119 Å². The second-order valence-electron chi connectivity index (χ2n) is 5.59. The van der Waals surface area contributed by atoms with Crippen molar-refractivity contribution in [3.8, 4) is 0 Å². The lowest BCUT2D eigenvalue weighted by molar-refractivity contribution is -0.0476. The highest BCUT2D eigenvalue weighted by molar-refractivity contribution is 5.86. The van der Waals surface area contributed by atoms with Gasteiger partial charge in [0.25, 0.3) is 0 Å². The summed E-state index contributed by atoms with van der Waals surface area (Å²) in [6.07, 6.45) is 2.39. The van der Waals surface area contributed by atoms with Gasteiger partial charge in [0.15, 0.2) is 6.29 Å². The molecule has 0 aliphatic heterocycles. The Balaban J connectivity index is 2.05. The van der Waals surface area contributed by atoms with Crippen LogP contribution in [0.1, 0.15) is 24.1 Å². The van der Waals surface area contributed by atoms with Gasteiger partial charge in [-0.2, -0.15) is 0 Å². The van der Waals surface area contributed by atoms with Crippen LogP contribution >= 0.6 is 0 Å². The number of para-hydroxylation sites is 1. The second-order valence-corrected chi connectivity index (χ2v) is 5.59. The summed E-state index contributed by atoms with van der Waals surface area (Å²) in [5, 5.41) is 23.0. The van der Waals surface area contributed by atoms with Gasteiger partial charge in [0.05, 0.1) is 0 Å². The number of aliphatic hydroxyl groups is 2. The number of aromatic nitrogens is 1. The molecule has 1 heterocycles. The zero-order valence-corrected chi connectivity index (χ0v) is 11.8. The molecule has 1 aromatic heterocycles. The molecule has 0 amide bonds. The van der Waals surface area contributed by atoms with Crippen LogP contribution in [0.15, 0.2) is 24.3 Å². The highest BCUT2D eigenvalue weighted by atomic mass is 16.5. The average Bonchev–Trinajstić information content (AvgIpc) is 2.78. The van der Waals surface area contributed by atoms with E-state index in [-0.39, 0.29) is 0 Å². The van der Waals surface area contributed by atoms with Crippen molar-refractivity contribution in [1.82, 2.24) is 9.88 Å². The Bertz CT molecular complexity index is 604. The number of rotatable bonds is 4. The van der Waals surface area contributed by atoms with E-state index < -0.39 is 6.29 Å². The molecular weight excluding hydrogens is 252 g/mol. The van der Waals surface area contributed by atoms with Crippen LogP contribution in [0.25, 0.3) is 10.9 Å². The van der Waals surface area contributed by atoms with Crippen molar-refractivity contribution < 1.29 is 10.2 Å². The van der Waals surface area contributed by atoms with E-state index in [2.05, 4.69) is 34.1 Å². The maximum absolute atomic E-state index is 9.14. The van der Waals surface area contributed by atoms with Crippen molar-refractivity contribution in [2.45, 2.75) is 44.6 Å². The molecule has 0 fully saturated rings. The Morgan fingerprint density at radius 2 is 2.15 bits per heavy atom. The third-order valence-electron chi connectivity index (χ3n) is 4.39. The van der Waals surface area contributed by atoms with Crippen molar-refractivity contribution in [2.75, 3.05) is 7.05 Å². The van der Waals surface area contributed by atoms with Crippen molar-refractivity contribution in [3.63, 3.8) is 0 Å². The van der Waals surface area contributed by atoms with Crippen LogP contribution < -0.4 is 5.32 Å². The fourth-order valence-corrected chi connectivity index (χ4v) is 3.35. The Kier molecular flexibility index (Phi) is 3.78. The molecule has 0 bridgehead atoms. The number of hydrogen-bond acceptors (Lipinski definition) is 3. The summed E-state index contributed by atoms with van der Waals surface area (Å²) in [6, 6.07) is 8.99. The SMILES string of the molecule is CNC1CCc2c(c3ccccc3n2CCC(O)O)C1. The first kappa shape index (κ1) is 13.6.